The van der Waals surface area contributed by atoms with Crippen LogP contribution in [-0.4, -0.2) is 17.4 Å². The van der Waals surface area contributed by atoms with Gasteiger partial charge in [0.2, 0.25) is 5.91 Å². The van der Waals surface area contributed by atoms with Gasteiger partial charge < -0.3 is 10.3 Å². The van der Waals surface area contributed by atoms with Gasteiger partial charge >= 0.3 is 0 Å². The number of carbonyl (C=O) groups excluding carboxylic acids is 1. The van der Waals surface area contributed by atoms with Gasteiger partial charge in [0.1, 0.15) is 5.82 Å². The van der Waals surface area contributed by atoms with Gasteiger partial charge in [0, 0.05) is 30.1 Å². The maximum absolute atomic E-state index is 13.5. The first-order valence-corrected chi connectivity index (χ1v) is 7.79. The lowest BCUT2D eigenvalue weighted by Crippen LogP contribution is -2.25. The van der Waals surface area contributed by atoms with Crippen molar-refractivity contribution in [2.75, 3.05) is 6.54 Å². The number of aromatic nitrogens is 1. The van der Waals surface area contributed by atoms with Crippen molar-refractivity contribution in [3.8, 4) is 0 Å². The second kappa shape index (κ2) is 7.09. The minimum absolute atomic E-state index is 0.0481. The molecule has 0 saturated carbocycles. The van der Waals surface area contributed by atoms with Crippen LogP contribution in [0.4, 0.5) is 4.39 Å². The van der Waals surface area contributed by atoms with Gasteiger partial charge in [-0.1, -0.05) is 36.4 Å². The third-order valence-electron chi connectivity index (χ3n) is 3.97. The van der Waals surface area contributed by atoms with Gasteiger partial charge in [-0.05, 0) is 36.1 Å². The lowest BCUT2D eigenvalue weighted by molar-refractivity contribution is -0.121. The molecule has 4 heteroatoms. The van der Waals surface area contributed by atoms with Crippen LogP contribution in [0, 0.1) is 5.82 Å². The standard InChI is InChI=1S/C19H19FN2O/c20-17-7-3-1-5-14(17)9-10-19(23)21-12-11-15-13-22-18-8-4-2-6-16(15)18/h1-8,13,22H,9-12H2,(H,21,23). The molecule has 0 atom stereocenters. The van der Waals surface area contributed by atoms with Crippen LogP contribution in [-0.2, 0) is 17.6 Å². The van der Waals surface area contributed by atoms with Crippen LogP contribution in [0.5, 0.6) is 0 Å². The van der Waals surface area contributed by atoms with Crippen molar-refractivity contribution >= 4 is 16.8 Å². The Bertz CT molecular complexity index is 810. The molecule has 0 aliphatic rings. The number of H-pyrrole nitrogens is 1. The Balaban J connectivity index is 1.47. The van der Waals surface area contributed by atoms with Crippen molar-refractivity contribution in [1.82, 2.24) is 10.3 Å². The third kappa shape index (κ3) is 3.77. The number of rotatable bonds is 6. The Morgan fingerprint density at radius 2 is 1.78 bits per heavy atom. The Morgan fingerprint density at radius 1 is 1.00 bits per heavy atom. The fraction of sp³-hybridized carbons (Fsp3) is 0.211. The van der Waals surface area contributed by atoms with Crippen LogP contribution in [0.1, 0.15) is 17.5 Å². The molecule has 2 N–H and O–H groups in total. The first-order chi connectivity index (χ1) is 11.2. The Morgan fingerprint density at radius 3 is 2.65 bits per heavy atom. The molecule has 3 aromatic rings. The molecule has 1 heterocycles. The zero-order valence-corrected chi connectivity index (χ0v) is 12.8. The van der Waals surface area contributed by atoms with E-state index in [0.29, 0.717) is 24.9 Å². The van der Waals surface area contributed by atoms with Crippen molar-refractivity contribution in [2.45, 2.75) is 19.3 Å². The molecule has 0 aliphatic carbocycles. The highest BCUT2D eigenvalue weighted by Crippen LogP contribution is 2.17. The summed E-state index contributed by atoms with van der Waals surface area (Å²) >= 11 is 0. The van der Waals surface area contributed by atoms with Crippen LogP contribution in [0.2, 0.25) is 0 Å². The Labute approximate surface area is 134 Å². The molecular formula is C19H19FN2O. The number of nitrogens with one attached hydrogen (secondary N) is 2. The van der Waals surface area contributed by atoms with Gasteiger partial charge in [-0.3, -0.25) is 4.79 Å². The summed E-state index contributed by atoms with van der Waals surface area (Å²) in [6, 6.07) is 14.7. The molecule has 0 aliphatic heterocycles. The molecule has 118 valence electrons. The van der Waals surface area contributed by atoms with Crippen molar-refractivity contribution in [1.29, 1.82) is 0 Å². The van der Waals surface area contributed by atoms with Crippen molar-refractivity contribution in [3.05, 3.63) is 71.7 Å². The van der Waals surface area contributed by atoms with E-state index in [1.807, 2.05) is 24.4 Å². The molecule has 2 aromatic carbocycles. The summed E-state index contributed by atoms with van der Waals surface area (Å²) in [7, 11) is 0. The molecule has 3 rings (SSSR count). The summed E-state index contributed by atoms with van der Waals surface area (Å²) in [4.78, 5) is 15.1. The molecule has 0 fully saturated rings. The number of aromatic amines is 1. The van der Waals surface area contributed by atoms with E-state index in [0.717, 1.165) is 11.9 Å². The molecule has 0 spiro atoms. The van der Waals surface area contributed by atoms with E-state index < -0.39 is 0 Å². The fourth-order valence-corrected chi connectivity index (χ4v) is 2.71. The highest BCUT2D eigenvalue weighted by molar-refractivity contribution is 5.83. The highest BCUT2D eigenvalue weighted by Gasteiger charge is 2.07. The van der Waals surface area contributed by atoms with Gasteiger partial charge in [-0.2, -0.15) is 0 Å². The van der Waals surface area contributed by atoms with E-state index in [9.17, 15) is 9.18 Å². The molecule has 0 bridgehead atoms. The molecule has 23 heavy (non-hydrogen) atoms. The van der Waals surface area contributed by atoms with Crippen molar-refractivity contribution in [3.63, 3.8) is 0 Å². The number of halogens is 1. The largest absolute Gasteiger partial charge is 0.361 e. The second-order valence-corrected chi connectivity index (χ2v) is 5.55. The van der Waals surface area contributed by atoms with E-state index in [2.05, 4.69) is 16.4 Å². The average Bonchev–Trinajstić information content (AvgIpc) is 2.98. The zero-order chi connectivity index (χ0) is 16.1. The van der Waals surface area contributed by atoms with Crippen LogP contribution in [0.3, 0.4) is 0 Å². The quantitative estimate of drug-likeness (QED) is 0.718. The minimum atomic E-state index is -0.251. The van der Waals surface area contributed by atoms with E-state index in [1.54, 1.807) is 18.2 Å². The molecular weight excluding hydrogens is 291 g/mol. The van der Waals surface area contributed by atoms with E-state index in [1.165, 1.54) is 17.0 Å². The highest BCUT2D eigenvalue weighted by atomic mass is 19.1. The van der Waals surface area contributed by atoms with Gasteiger partial charge in [0.15, 0.2) is 0 Å². The first-order valence-electron chi connectivity index (χ1n) is 7.79. The fourth-order valence-electron chi connectivity index (χ4n) is 2.71. The van der Waals surface area contributed by atoms with Crippen molar-refractivity contribution < 1.29 is 9.18 Å². The normalized spacial score (nSPS) is 10.8. The molecule has 1 aromatic heterocycles. The lowest BCUT2D eigenvalue weighted by Gasteiger charge is -2.06. The number of amides is 1. The topological polar surface area (TPSA) is 44.9 Å². The zero-order valence-electron chi connectivity index (χ0n) is 12.8. The molecule has 0 saturated heterocycles. The molecule has 1 amide bonds. The van der Waals surface area contributed by atoms with Crippen LogP contribution >= 0.6 is 0 Å². The van der Waals surface area contributed by atoms with E-state index in [-0.39, 0.29) is 11.7 Å². The number of hydrogen-bond acceptors (Lipinski definition) is 1. The predicted molar refractivity (Wildman–Crippen MR) is 89.7 cm³/mol. The second-order valence-electron chi connectivity index (χ2n) is 5.55. The monoisotopic (exact) mass is 310 g/mol. The van der Waals surface area contributed by atoms with Crippen molar-refractivity contribution in [2.24, 2.45) is 0 Å². The summed E-state index contributed by atoms with van der Waals surface area (Å²) in [5, 5.41) is 4.09. The summed E-state index contributed by atoms with van der Waals surface area (Å²) < 4.78 is 13.5. The van der Waals surface area contributed by atoms with Gasteiger partial charge in [-0.25, -0.2) is 4.39 Å². The first kappa shape index (κ1) is 15.3. The van der Waals surface area contributed by atoms with Crippen LogP contribution in [0.25, 0.3) is 10.9 Å². The number of benzene rings is 2. The number of fused-ring (bicyclic) bond motifs is 1. The van der Waals surface area contributed by atoms with Gasteiger partial charge in [0.25, 0.3) is 0 Å². The van der Waals surface area contributed by atoms with Gasteiger partial charge in [-0.15, -0.1) is 0 Å². The summed E-state index contributed by atoms with van der Waals surface area (Å²) in [5.74, 6) is -0.299. The lowest BCUT2D eigenvalue weighted by atomic mass is 10.1. The molecule has 3 nitrogen and oxygen atoms in total. The van der Waals surface area contributed by atoms with Crippen LogP contribution in [0.15, 0.2) is 54.7 Å². The molecule has 0 radical (unpaired) electrons. The van der Waals surface area contributed by atoms with Gasteiger partial charge in [0.05, 0.1) is 0 Å². The van der Waals surface area contributed by atoms with E-state index in [4.69, 9.17) is 0 Å². The number of aryl methyl sites for hydroxylation is 1. The maximum atomic E-state index is 13.5. The minimum Gasteiger partial charge on any atom is -0.361 e. The third-order valence-corrected chi connectivity index (χ3v) is 3.97. The number of para-hydroxylation sites is 1. The smallest absolute Gasteiger partial charge is 0.220 e. The SMILES string of the molecule is O=C(CCc1ccccc1F)NCCc1c[nH]c2ccccc12. The summed E-state index contributed by atoms with van der Waals surface area (Å²) in [6.07, 6.45) is 3.48. The molecule has 0 unspecified atom stereocenters. The maximum Gasteiger partial charge on any atom is 0.220 e. The Kier molecular flexibility index (Phi) is 4.71. The van der Waals surface area contributed by atoms with Crippen LogP contribution < -0.4 is 5.32 Å². The number of carbonyl (C=O) groups is 1. The number of hydrogen-bond donors (Lipinski definition) is 2. The van der Waals surface area contributed by atoms with E-state index >= 15 is 0 Å². The Hall–Kier alpha value is -2.62. The average molecular weight is 310 g/mol. The summed E-state index contributed by atoms with van der Waals surface area (Å²) in [5.41, 5.74) is 2.88. The predicted octanol–water partition coefficient (Wildman–Crippen LogP) is 3.60. The summed E-state index contributed by atoms with van der Waals surface area (Å²) in [6.45, 7) is 0.581.